The lowest BCUT2D eigenvalue weighted by Gasteiger charge is -2.08. The highest BCUT2D eigenvalue weighted by Gasteiger charge is 2.11. The number of esters is 1. The summed E-state index contributed by atoms with van der Waals surface area (Å²) >= 11 is 15.2. The summed E-state index contributed by atoms with van der Waals surface area (Å²) in [5.74, 6) is -0.388. The lowest BCUT2D eigenvalue weighted by atomic mass is 10.2. The average molecular weight is 522 g/mol. The maximum absolute atomic E-state index is 12.3. The molecule has 0 radical (unpaired) electrons. The molecule has 6 nitrogen and oxygen atoms in total. The number of carbonyl (C=O) groups is 2. The number of ether oxygens (including phenoxy) is 2. The number of halogens is 3. The number of hydrazone groups is 1. The van der Waals surface area contributed by atoms with E-state index in [9.17, 15) is 9.59 Å². The number of nitrogens with zero attached hydrogens (tertiary/aromatic N) is 1. The van der Waals surface area contributed by atoms with Crippen molar-refractivity contribution >= 4 is 57.2 Å². The lowest BCUT2D eigenvalue weighted by molar-refractivity contribution is -0.123. The molecule has 0 atom stereocenters. The molecule has 0 aliphatic rings. The molecule has 3 rings (SSSR count). The molecule has 0 aliphatic heterocycles. The molecule has 158 valence electrons. The first kappa shape index (κ1) is 22.8. The molecule has 0 bridgehead atoms. The highest BCUT2D eigenvalue weighted by Crippen LogP contribution is 2.27. The van der Waals surface area contributed by atoms with Gasteiger partial charge in [0, 0.05) is 15.1 Å². The van der Waals surface area contributed by atoms with Crippen LogP contribution < -0.4 is 14.9 Å². The minimum atomic E-state index is -0.505. The van der Waals surface area contributed by atoms with E-state index in [0.717, 1.165) is 4.47 Å². The average Bonchev–Trinajstić information content (AvgIpc) is 2.75. The van der Waals surface area contributed by atoms with Gasteiger partial charge in [0.2, 0.25) is 0 Å². The van der Waals surface area contributed by atoms with Gasteiger partial charge in [0.25, 0.3) is 5.91 Å². The van der Waals surface area contributed by atoms with Gasteiger partial charge in [-0.3, -0.25) is 4.79 Å². The van der Waals surface area contributed by atoms with Crippen molar-refractivity contribution < 1.29 is 19.1 Å². The number of amides is 1. The minimum Gasteiger partial charge on any atom is -0.482 e. The van der Waals surface area contributed by atoms with Crippen LogP contribution in [0.3, 0.4) is 0 Å². The van der Waals surface area contributed by atoms with E-state index >= 15 is 0 Å². The zero-order valence-corrected chi connectivity index (χ0v) is 18.9. The molecule has 9 heteroatoms. The zero-order chi connectivity index (χ0) is 22.2. The first-order chi connectivity index (χ1) is 14.9. The van der Waals surface area contributed by atoms with Crippen LogP contribution in [0, 0.1) is 0 Å². The van der Waals surface area contributed by atoms with Crippen LogP contribution >= 0.6 is 39.1 Å². The molecule has 0 aromatic heterocycles. The van der Waals surface area contributed by atoms with Gasteiger partial charge in [-0.05, 0) is 48.5 Å². The van der Waals surface area contributed by atoms with E-state index in [-0.39, 0.29) is 6.61 Å². The normalized spacial score (nSPS) is 10.7. The van der Waals surface area contributed by atoms with E-state index in [4.69, 9.17) is 32.7 Å². The van der Waals surface area contributed by atoms with E-state index in [1.165, 1.54) is 12.3 Å². The van der Waals surface area contributed by atoms with Crippen LogP contribution in [-0.2, 0) is 4.79 Å². The Bertz CT molecular complexity index is 1120. The molecule has 3 aromatic rings. The van der Waals surface area contributed by atoms with Crippen LogP contribution in [0.1, 0.15) is 15.9 Å². The fraction of sp³-hybridized carbons (Fsp3) is 0.0455. The first-order valence-corrected chi connectivity index (χ1v) is 10.4. The van der Waals surface area contributed by atoms with Crippen molar-refractivity contribution in [1.29, 1.82) is 0 Å². The molecule has 0 saturated heterocycles. The molecule has 0 heterocycles. The van der Waals surface area contributed by atoms with Gasteiger partial charge >= 0.3 is 5.97 Å². The van der Waals surface area contributed by atoms with Crippen molar-refractivity contribution in [3.8, 4) is 11.5 Å². The summed E-state index contributed by atoms with van der Waals surface area (Å²) < 4.78 is 11.6. The van der Waals surface area contributed by atoms with Crippen molar-refractivity contribution in [3.05, 3.63) is 92.4 Å². The van der Waals surface area contributed by atoms with Gasteiger partial charge < -0.3 is 9.47 Å². The molecule has 0 fully saturated rings. The summed E-state index contributed by atoms with van der Waals surface area (Å²) in [6, 6.07) is 18.3. The molecule has 0 unspecified atom stereocenters. The molecule has 31 heavy (non-hydrogen) atoms. The smallest absolute Gasteiger partial charge is 0.343 e. The van der Waals surface area contributed by atoms with Crippen LogP contribution in [0.25, 0.3) is 0 Å². The molecule has 0 aliphatic carbocycles. The van der Waals surface area contributed by atoms with Crippen molar-refractivity contribution in [1.82, 2.24) is 5.43 Å². The largest absolute Gasteiger partial charge is 0.482 e. The standard InChI is InChI=1S/C22H15BrCl2N2O4/c23-16-6-8-19(31-22(29)14-4-2-1-3-5-14)15(10-16)12-26-27-21(28)13-30-20-9-7-17(24)11-18(20)25/h1-12H,13H2,(H,27,28)/b26-12-. The Kier molecular flexibility index (Phi) is 8.06. The van der Waals surface area contributed by atoms with E-state index in [1.54, 1.807) is 54.6 Å². The third kappa shape index (κ3) is 6.82. The molecule has 3 aromatic carbocycles. The molecular weight excluding hydrogens is 507 g/mol. The number of rotatable bonds is 7. The highest BCUT2D eigenvalue weighted by molar-refractivity contribution is 9.10. The highest BCUT2D eigenvalue weighted by atomic mass is 79.9. The van der Waals surface area contributed by atoms with Gasteiger partial charge in [0.1, 0.15) is 11.5 Å². The number of hydrogen-bond acceptors (Lipinski definition) is 5. The maximum atomic E-state index is 12.3. The fourth-order valence-corrected chi connectivity index (χ4v) is 3.23. The minimum absolute atomic E-state index is 0.291. The second kappa shape index (κ2) is 10.9. The van der Waals surface area contributed by atoms with E-state index in [1.807, 2.05) is 6.07 Å². The molecule has 1 amide bonds. The van der Waals surface area contributed by atoms with Gasteiger partial charge in [0.15, 0.2) is 6.61 Å². The lowest BCUT2D eigenvalue weighted by Crippen LogP contribution is -2.24. The SMILES string of the molecule is O=C(COc1ccc(Cl)cc1Cl)N/N=C\c1cc(Br)ccc1OC(=O)c1ccccc1. The van der Waals surface area contributed by atoms with Crippen LogP contribution in [0.4, 0.5) is 0 Å². The monoisotopic (exact) mass is 520 g/mol. The van der Waals surface area contributed by atoms with Gasteiger partial charge in [-0.15, -0.1) is 0 Å². The van der Waals surface area contributed by atoms with E-state index < -0.39 is 11.9 Å². The number of hydrogen-bond donors (Lipinski definition) is 1. The summed E-state index contributed by atoms with van der Waals surface area (Å²) in [6.45, 7) is -0.299. The third-order valence-corrected chi connectivity index (χ3v) is 4.85. The van der Waals surface area contributed by atoms with Gasteiger partial charge in [-0.25, -0.2) is 10.2 Å². The second-order valence-corrected chi connectivity index (χ2v) is 7.85. The second-order valence-electron chi connectivity index (χ2n) is 6.09. The van der Waals surface area contributed by atoms with Crippen LogP contribution in [-0.4, -0.2) is 24.7 Å². The summed E-state index contributed by atoms with van der Waals surface area (Å²) in [5, 5.41) is 4.66. The predicted octanol–water partition coefficient (Wildman–Crippen LogP) is 5.50. The number of benzene rings is 3. The maximum Gasteiger partial charge on any atom is 0.343 e. The van der Waals surface area contributed by atoms with Gasteiger partial charge in [0.05, 0.1) is 16.8 Å². The Hall–Kier alpha value is -2.87. The van der Waals surface area contributed by atoms with Gasteiger partial charge in [-0.2, -0.15) is 5.10 Å². The summed E-state index contributed by atoms with van der Waals surface area (Å²) in [5.41, 5.74) is 3.25. The summed E-state index contributed by atoms with van der Waals surface area (Å²) in [6.07, 6.45) is 1.37. The van der Waals surface area contributed by atoms with Crippen molar-refractivity contribution in [2.75, 3.05) is 6.61 Å². The van der Waals surface area contributed by atoms with Crippen molar-refractivity contribution in [2.24, 2.45) is 5.10 Å². The Morgan fingerprint density at radius 2 is 1.74 bits per heavy atom. The zero-order valence-electron chi connectivity index (χ0n) is 15.8. The number of nitrogens with one attached hydrogen (secondary N) is 1. The van der Waals surface area contributed by atoms with Crippen molar-refractivity contribution in [2.45, 2.75) is 0 Å². The Balaban J connectivity index is 1.61. The van der Waals surface area contributed by atoms with E-state index in [2.05, 4.69) is 26.5 Å². The molecule has 0 spiro atoms. The van der Waals surface area contributed by atoms with Crippen LogP contribution in [0.15, 0.2) is 76.3 Å². The Morgan fingerprint density at radius 3 is 2.48 bits per heavy atom. The van der Waals surface area contributed by atoms with Gasteiger partial charge in [-0.1, -0.05) is 57.3 Å². The topological polar surface area (TPSA) is 77.0 Å². The number of carbonyl (C=O) groups excluding carboxylic acids is 2. The summed E-state index contributed by atoms with van der Waals surface area (Å²) in [4.78, 5) is 24.3. The Labute approximate surface area is 196 Å². The fourth-order valence-electron chi connectivity index (χ4n) is 2.39. The molecular formula is C22H15BrCl2N2O4. The van der Waals surface area contributed by atoms with Crippen LogP contribution in [0.5, 0.6) is 11.5 Å². The van der Waals surface area contributed by atoms with Crippen LogP contribution in [0.2, 0.25) is 10.0 Å². The third-order valence-electron chi connectivity index (χ3n) is 3.83. The summed E-state index contributed by atoms with van der Waals surface area (Å²) in [7, 11) is 0. The predicted molar refractivity (Wildman–Crippen MR) is 123 cm³/mol. The van der Waals surface area contributed by atoms with E-state index in [0.29, 0.717) is 32.7 Å². The van der Waals surface area contributed by atoms with Crippen molar-refractivity contribution in [3.63, 3.8) is 0 Å². The molecule has 1 N–H and O–H groups in total. The quantitative estimate of drug-likeness (QED) is 0.192. The molecule has 0 saturated carbocycles. The first-order valence-electron chi connectivity index (χ1n) is 8.89. The Morgan fingerprint density at radius 1 is 1.00 bits per heavy atom.